The fraction of sp³-hybridized carbons (Fsp3) is 0.500. The van der Waals surface area contributed by atoms with E-state index in [2.05, 4.69) is 55.3 Å². The summed E-state index contributed by atoms with van der Waals surface area (Å²) in [6.45, 7) is 8.57. The summed E-state index contributed by atoms with van der Waals surface area (Å²) in [5.74, 6) is 2.13. The molecule has 2 rings (SSSR count). The summed E-state index contributed by atoms with van der Waals surface area (Å²) in [4.78, 5) is 4.48. The first-order chi connectivity index (χ1) is 7.68. The highest BCUT2D eigenvalue weighted by Gasteiger charge is 2.15. The van der Waals surface area contributed by atoms with Crippen molar-refractivity contribution in [3.63, 3.8) is 0 Å². The summed E-state index contributed by atoms with van der Waals surface area (Å²) in [7, 11) is 0. The number of aliphatic imine (C=N–C) groups is 1. The number of nitrogens with one attached hydrogen (secondary N) is 1. The Balaban J connectivity index is 2.14. The minimum Gasteiger partial charge on any atom is -0.371 e. The molecule has 0 saturated heterocycles. The van der Waals surface area contributed by atoms with E-state index in [9.17, 15) is 0 Å². The second-order valence-electron chi connectivity index (χ2n) is 4.74. The van der Waals surface area contributed by atoms with Crippen molar-refractivity contribution in [1.82, 2.24) is 5.32 Å². The van der Waals surface area contributed by atoms with Crippen molar-refractivity contribution in [3.8, 4) is 0 Å². The van der Waals surface area contributed by atoms with Crippen molar-refractivity contribution in [2.45, 2.75) is 32.6 Å². The lowest BCUT2D eigenvalue weighted by Crippen LogP contribution is -2.23. The van der Waals surface area contributed by atoms with Gasteiger partial charge in [0.05, 0.1) is 6.54 Å². The zero-order valence-corrected chi connectivity index (χ0v) is 10.3. The van der Waals surface area contributed by atoms with E-state index in [4.69, 9.17) is 0 Å². The van der Waals surface area contributed by atoms with Crippen LogP contribution < -0.4 is 5.32 Å². The van der Waals surface area contributed by atoms with Crippen LogP contribution in [-0.4, -0.2) is 18.9 Å². The molecule has 2 nitrogen and oxygen atoms in total. The van der Waals surface area contributed by atoms with E-state index in [-0.39, 0.29) is 0 Å². The molecule has 1 atom stereocenters. The van der Waals surface area contributed by atoms with Gasteiger partial charge in [-0.1, -0.05) is 45.0 Å². The van der Waals surface area contributed by atoms with Crippen molar-refractivity contribution >= 4 is 5.84 Å². The molecule has 1 aromatic rings. The molecule has 1 heterocycles. The van der Waals surface area contributed by atoms with Crippen LogP contribution in [0.3, 0.4) is 0 Å². The predicted molar refractivity (Wildman–Crippen MR) is 69.3 cm³/mol. The molecule has 1 N–H and O–H groups in total. The maximum atomic E-state index is 4.48. The number of nitrogens with zero attached hydrogens (tertiary/aromatic N) is 1. The van der Waals surface area contributed by atoms with Crippen LogP contribution in [0.1, 0.15) is 43.7 Å². The normalized spacial score (nSPS) is 17.1. The largest absolute Gasteiger partial charge is 0.371 e. The van der Waals surface area contributed by atoms with Gasteiger partial charge in [-0.3, -0.25) is 4.99 Å². The zero-order chi connectivity index (χ0) is 11.5. The quantitative estimate of drug-likeness (QED) is 0.825. The summed E-state index contributed by atoms with van der Waals surface area (Å²) < 4.78 is 0. The van der Waals surface area contributed by atoms with Gasteiger partial charge in [-0.25, -0.2) is 0 Å². The standard InChI is InChI=1S/C14H20N2/c1-10(2)12-4-6-13(7-5-12)11(3)14-15-8-9-16-14/h4-7,10-11H,8-9H2,1-3H3,(H,15,16)/t11-/m1/s1. The Bertz CT molecular complexity index is 376. The van der Waals surface area contributed by atoms with E-state index in [1.165, 1.54) is 11.1 Å². The van der Waals surface area contributed by atoms with Crippen LogP contribution >= 0.6 is 0 Å². The van der Waals surface area contributed by atoms with Crippen LogP contribution in [0, 0.1) is 0 Å². The van der Waals surface area contributed by atoms with E-state index >= 15 is 0 Å². The number of rotatable bonds is 3. The zero-order valence-electron chi connectivity index (χ0n) is 10.3. The summed E-state index contributed by atoms with van der Waals surface area (Å²) in [6.07, 6.45) is 0. The molecule has 2 heteroatoms. The first kappa shape index (κ1) is 11.2. The SMILES string of the molecule is CC(C)c1ccc([C@@H](C)C2=NCCN2)cc1. The molecule has 0 unspecified atom stereocenters. The van der Waals surface area contributed by atoms with Gasteiger partial charge in [-0.05, 0) is 17.0 Å². The number of hydrogen-bond donors (Lipinski definition) is 1. The third-order valence-corrected chi connectivity index (χ3v) is 3.21. The average Bonchev–Trinajstić information content (AvgIpc) is 2.81. The first-order valence-electron chi connectivity index (χ1n) is 6.06. The predicted octanol–water partition coefficient (Wildman–Crippen LogP) is 2.92. The highest BCUT2D eigenvalue weighted by molar-refractivity contribution is 5.89. The third kappa shape index (κ3) is 2.26. The Morgan fingerprint density at radius 1 is 1.06 bits per heavy atom. The molecule has 0 amide bonds. The van der Waals surface area contributed by atoms with Gasteiger partial charge in [0, 0.05) is 12.5 Å². The molecule has 0 fully saturated rings. The maximum absolute atomic E-state index is 4.48. The van der Waals surface area contributed by atoms with Gasteiger partial charge >= 0.3 is 0 Å². The maximum Gasteiger partial charge on any atom is 0.104 e. The van der Waals surface area contributed by atoms with Crippen LogP contribution in [-0.2, 0) is 0 Å². The Labute approximate surface area is 97.8 Å². The molecule has 1 aliphatic heterocycles. The molecule has 0 radical (unpaired) electrons. The lowest BCUT2D eigenvalue weighted by Gasteiger charge is -2.14. The van der Waals surface area contributed by atoms with Crippen molar-refractivity contribution in [3.05, 3.63) is 35.4 Å². The van der Waals surface area contributed by atoms with E-state index in [0.29, 0.717) is 11.8 Å². The molecule has 1 aromatic carbocycles. The summed E-state index contributed by atoms with van der Waals surface area (Å²) >= 11 is 0. The molecule has 1 aliphatic rings. The summed E-state index contributed by atoms with van der Waals surface area (Å²) in [5.41, 5.74) is 2.75. The van der Waals surface area contributed by atoms with Crippen LogP contribution in [0.4, 0.5) is 0 Å². The fourth-order valence-corrected chi connectivity index (χ4v) is 2.03. The molecule has 0 spiro atoms. The van der Waals surface area contributed by atoms with E-state index in [1.807, 2.05) is 0 Å². The first-order valence-corrected chi connectivity index (χ1v) is 6.06. The second-order valence-corrected chi connectivity index (χ2v) is 4.74. The Hall–Kier alpha value is -1.31. The minimum atomic E-state index is 0.392. The third-order valence-electron chi connectivity index (χ3n) is 3.21. The van der Waals surface area contributed by atoms with Crippen LogP contribution in [0.15, 0.2) is 29.3 Å². The average molecular weight is 216 g/mol. The monoisotopic (exact) mass is 216 g/mol. The number of hydrogen-bond acceptors (Lipinski definition) is 2. The van der Waals surface area contributed by atoms with E-state index in [1.54, 1.807) is 0 Å². The van der Waals surface area contributed by atoms with Gasteiger partial charge in [0.15, 0.2) is 0 Å². The molecule has 16 heavy (non-hydrogen) atoms. The molecule has 0 aromatic heterocycles. The van der Waals surface area contributed by atoms with Crippen LogP contribution in [0.5, 0.6) is 0 Å². The minimum absolute atomic E-state index is 0.392. The Kier molecular flexibility index (Phi) is 3.28. The molecule has 86 valence electrons. The number of amidine groups is 1. The van der Waals surface area contributed by atoms with Crippen molar-refractivity contribution in [1.29, 1.82) is 0 Å². The van der Waals surface area contributed by atoms with Gasteiger partial charge in [0.2, 0.25) is 0 Å². The van der Waals surface area contributed by atoms with Gasteiger partial charge < -0.3 is 5.32 Å². The summed E-state index contributed by atoms with van der Waals surface area (Å²) in [6, 6.07) is 8.91. The molecule has 0 aliphatic carbocycles. The second kappa shape index (κ2) is 4.69. The fourth-order valence-electron chi connectivity index (χ4n) is 2.03. The van der Waals surface area contributed by atoms with Crippen LogP contribution in [0.2, 0.25) is 0 Å². The van der Waals surface area contributed by atoms with Gasteiger partial charge in [-0.2, -0.15) is 0 Å². The molecule has 0 saturated carbocycles. The van der Waals surface area contributed by atoms with Crippen molar-refractivity contribution in [2.24, 2.45) is 4.99 Å². The Morgan fingerprint density at radius 2 is 1.69 bits per heavy atom. The van der Waals surface area contributed by atoms with Gasteiger partial charge in [0.25, 0.3) is 0 Å². The highest BCUT2D eigenvalue weighted by Crippen LogP contribution is 2.21. The van der Waals surface area contributed by atoms with Gasteiger partial charge in [-0.15, -0.1) is 0 Å². The van der Waals surface area contributed by atoms with Gasteiger partial charge in [0.1, 0.15) is 5.84 Å². The van der Waals surface area contributed by atoms with E-state index < -0.39 is 0 Å². The lowest BCUT2D eigenvalue weighted by atomic mass is 9.95. The Morgan fingerprint density at radius 3 is 2.19 bits per heavy atom. The smallest absolute Gasteiger partial charge is 0.104 e. The van der Waals surface area contributed by atoms with Crippen molar-refractivity contribution in [2.75, 3.05) is 13.1 Å². The van der Waals surface area contributed by atoms with Crippen molar-refractivity contribution < 1.29 is 0 Å². The number of benzene rings is 1. The van der Waals surface area contributed by atoms with E-state index in [0.717, 1.165) is 18.9 Å². The molecule has 0 bridgehead atoms. The molecular weight excluding hydrogens is 196 g/mol. The summed E-state index contributed by atoms with van der Waals surface area (Å²) in [5, 5.41) is 3.34. The highest BCUT2D eigenvalue weighted by atomic mass is 15.1. The topological polar surface area (TPSA) is 24.4 Å². The lowest BCUT2D eigenvalue weighted by molar-refractivity contribution is 0.862. The van der Waals surface area contributed by atoms with Crippen LogP contribution in [0.25, 0.3) is 0 Å². The molecular formula is C14H20N2.